The van der Waals surface area contributed by atoms with Crippen LogP contribution >= 0.6 is 11.8 Å². The van der Waals surface area contributed by atoms with Gasteiger partial charge in [-0.15, -0.1) is 10.2 Å². The highest BCUT2D eigenvalue weighted by molar-refractivity contribution is 7.99. The number of fused-ring (bicyclic) bond motifs is 3. The number of carbonyl (C=O) groups excluding carboxylic acids is 1. The van der Waals surface area contributed by atoms with Crippen molar-refractivity contribution in [2.75, 3.05) is 5.75 Å². The van der Waals surface area contributed by atoms with E-state index >= 15 is 0 Å². The molecule has 0 fully saturated rings. The summed E-state index contributed by atoms with van der Waals surface area (Å²) in [7, 11) is 0. The van der Waals surface area contributed by atoms with Crippen LogP contribution in [0.2, 0.25) is 0 Å². The van der Waals surface area contributed by atoms with Crippen LogP contribution in [0, 0.1) is 24.0 Å². The molecule has 0 aliphatic carbocycles. The largest absolute Gasteiger partial charge is 0.293 e. The van der Waals surface area contributed by atoms with Crippen molar-refractivity contribution in [3.05, 3.63) is 104 Å². The summed E-state index contributed by atoms with van der Waals surface area (Å²) in [5.41, 5.74) is 3.15. The molecule has 0 aliphatic rings. The molecule has 0 amide bonds. The van der Waals surface area contributed by atoms with Gasteiger partial charge in [0.25, 0.3) is 11.2 Å². The minimum Gasteiger partial charge on any atom is -0.293 e. The van der Waals surface area contributed by atoms with E-state index in [9.17, 15) is 19.7 Å². The normalized spacial score (nSPS) is 11.3. The molecule has 0 N–H and O–H groups in total. The van der Waals surface area contributed by atoms with Gasteiger partial charge >= 0.3 is 0 Å². The molecular formula is C25H19N5O4S. The van der Waals surface area contributed by atoms with Crippen molar-refractivity contribution in [3.63, 3.8) is 0 Å². The number of nitro groups is 1. The highest BCUT2D eigenvalue weighted by Gasteiger charge is 2.20. The topological polar surface area (TPSA) is 112 Å². The zero-order chi connectivity index (χ0) is 24.7. The van der Waals surface area contributed by atoms with Crippen LogP contribution in [0.15, 0.2) is 76.7 Å². The highest BCUT2D eigenvalue weighted by atomic mass is 32.2. The second kappa shape index (κ2) is 8.80. The third-order valence-electron chi connectivity index (χ3n) is 5.71. The quantitative estimate of drug-likeness (QED) is 0.150. The second-order valence-electron chi connectivity index (χ2n) is 8.08. The van der Waals surface area contributed by atoms with Crippen molar-refractivity contribution < 1.29 is 9.72 Å². The zero-order valence-electron chi connectivity index (χ0n) is 18.8. The average Bonchev–Trinajstić information content (AvgIpc) is 3.28. The van der Waals surface area contributed by atoms with Crippen LogP contribution in [0.4, 0.5) is 5.69 Å². The van der Waals surface area contributed by atoms with Crippen LogP contribution < -0.4 is 5.56 Å². The molecule has 174 valence electrons. The van der Waals surface area contributed by atoms with Gasteiger partial charge in [0.15, 0.2) is 10.9 Å². The summed E-state index contributed by atoms with van der Waals surface area (Å²) in [5, 5.41) is 20.6. The lowest BCUT2D eigenvalue weighted by atomic mass is 10.1. The van der Waals surface area contributed by atoms with E-state index in [1.54, 1.807) is 27.2 Å². The average molecular weight is 486 g/mol. The predicted molar refractivity (Wildman–Crippen MR) is 134 cm³/mol. The number of para-hydroxylation sites is 1. The number of thioether (sulfide) groups is 1. The second-order valence-corrected chi connectivity index (χ2v) is 9.03. The van der Waals surface area contributed by atoms with Gasteiger partial charge in [0.2, 0.25) is 5.78 Å². The number of nitrogens with zero attached hydrogens (tertiary/aromatic N) is 5. The first-order chi connectivity index (χ1) is 16.8. The number of ketones is 1. The van der Waals surface area contributed by atoms with Gasteiger partial charge in [-0.25, -0.2) is 4.57 Å². The summed E-state index contributed by atoms with van der Waals surface area (Å²) < 4.78 is 3.31. The minimum atomic E-state index is -0.533. The van der Waals surface area contributed by atoms with Crippen molar-refractivity contribution >= 4 is 39.9 Å². The van der Waals surface area contributed by atoms with E-state index < -0.39 is 4.92 Å². The molecule has 9 nitrogen and oxygen atoms in total. The summed E-state index contributed by atoms with van der Waals surface area (Å²) in [6.45, 7) is 3.88. The number of hydrogen-bond acceptors (Lipinski definition) is 7. The number of hydrogen-bond donors (Lipinski definition) is 0. The summed E-state index contributed by atoms with van der Waals surface area (Å²) in [4.78, 5) is 36.8. The number of benzene rings is 3. The Morgan fingerprint density at radius 2 is 1.83 bits per heavy atom. The first kappa shape index (κ1) is 22.5. The van der Waals surface area contributed by atoms with E-state index in [1.807, 2.05) is 44.2 Å². The molecule has 0 aliphatic heterocycles. The van der Waals surface area contributed by atoms with Crippen LogP contribution in [-0.2, 0) is 0 Å². The van der Waals surface area contributed by atoms with Crippen LogP contribution in [0.3, 0.4) is 0 Å². The molecule has 5 rings (SSSR count). The van der Waals surface area contributed by atoms with E-state index in [0.717, 1.165) is 22.9 Å². The van der Waals surface area contributed by atoms with Gasteiger partial charge in [0, 0.05) is 17.7 Å². The van der Waals surface area contributed by atoms with Crippen molar-refractivity contribution in [2.24, 2.45) is 0 Å². The fraction of sp³-hybridized carbons (Fsp3) is 0.120. The molecule has 0 spiro atoms. The number of aryl methyl sites for hydroxylation is 2. The van der Waals surface area contributed by atoms with Crippen LogP contribution in [0.5, 0.6) is 0 Å². The lowest BCUT2D eigenvalue weighted by molar-refractivity contribution is -0.384. The molecule has 2 heterocycles. The maximum atomic E-state index is 13.5. The summed E-state index contributed by atoms with van der Waals surface area (Å²) in [6.07, 6.45) is 0. The summed E-state index contributed by atoms with van der Waals surface area (Å²) in [5.74, 6) is 0.0640. The Labute approximate surface area is 203 Å². The molecule has 35 heavy (non-hydrogen) atoms. The molecule has 10 heteroatoms. The lowest BCUT2D eigenvalue weighted by Crippen LogP contribution is -2.22. The number of rotatable bonds is 6. The molecule has 0 radical (unpaired) electrons. The molecule has 0 saturated carbocycles. The van der Waals surface area contributed by atoms with Gasteiger partial charge < -0.3 is 0 Å². The Kier molecular flexibility index (Phi) is 5.65. The van der Waals surface area contributed by atoms with E-state index in [1.165, 1.54) is 18.2 Å². The summed E-state index contributed by atoms with van der Waals surface area (Å²) >= 11 is 1.16. The van der Waals surface area contributed by atoms with Gasteiger partial charge in [0.1, 0.15) is 0 Å². The van der Waals surface area contributed by atoms with Crippen LogP contribution in [-0.4, -0.2) is 35.6 Å². The van der Waals surface area contributed by atoms with Crippen LogP contribution in [0.1, 0.15) is 21.5 Å². The Morgan fingerprint density at radius 1 is 1.03 bits per heavy atom. The number of carbonyl (C=O) groups is 1. The molecule has 0 saturated heterocycles. The Hall–Kier alpha value is -4.31. The van der Waals surface area contributed by atoms with E-state index in [4.69, 9.17) is 0 Å². The molecule has 2 aromatic heterocycles. The van der Waals surface area contributed by atoms with Crippen molar-refractivity contribution in [1.29, 1.82) is 0 Å². The van der Waals surface area contributed by atoms with E-state index in [-0.39, 0.29) is 28.3 Å². The fourth-order valence-electron chi connectivity index (χ4n) is 3.96. The molecule has 5 aromatic rings. The molecule has 0 unspecified atom stereocenters. The van der Waals surface area contributed by atoms with Crippen molar-refractivity contribution in [2.45, 2.75) is 19.0 Å². The van der Waals surface area contributed by atoms with Gasteiger partial charge in [-0.2, -0.15) is 0 Å². The Balaban J connectivity index is 1.62. The Bertz CT molecular complexity index is 1710. The van der Waals surface area contributed by atoms with Gasteiger partial charge in [-0.1, -0.05) is 48.2 Å². The van der Waals surface area contributed by atoms with Gasteiger partial charge in [-0.3, -0.25) is 24.1 Å². The Morgan fingerprint density at radius 3 is 2.63 bits per heavy atom. The zero-order valence-corrected chi connectivity index (χ0v) is 19.7. The van der Waals surface area contributed by atoms with Crippen LogP contribution in [0.25, 0.3) is 22.4 Å². The maximum absolute atomic E-state index is 13.5. The highest BCUT2D eigenvalue weighted by Crippen LogP contribution is 2.25. The third-order valence-corrected chi connectivity index (χ3v) is 6.64. The smallest absolute Gasteiger partial charge is 0.270 e. The molecule has 3 aromatic carbocycles. The van der Waals surface area contributed by atoms with Crippen molar-refractivity contribution in [1.82, 2.24) is 19.2 Å². The number of Topliss-reactive ketones (excluding diaryl/α,β-unsaturated/α-hetero) is 1. The maximum Gasteiger partial charge on any atom is 0.270 e. The van der Waals surface area contributed by atoms with E-state index in [0.29, 0.717) is 27.5 Å². The third kappa shape index (κ3) is 3.97. The van der Waals surface area contributed by atoms with Crippen molar-refractivity contribution in [3.8, 4) is 5.69 Å². The SMILES string of the molecule is Cc1ccc(C)c(-n2c(=O)c3ccccc3n3c(SCC(=O)c4cccc([N+](=O)[O-])c4)nnc23)c1. The molecule has 0 bridgehead atoms. The lowest BCUT2D eigenvalue weighted by Gasteiger charge is -2.14. The minimum absolute atomic E-state index is 0.00110. The first-order valence-electron chi connectivity index (χ1n) is 10.7. The van der Waals surface area contributed by atoms with Gasteiger partial charge in [0.05, 0.1) is 27.3 Å². The number of nitro benzene ring substituents is 1. The fourth-order valence-corrected chi connectivity index (χ4v) is 4.79. The van der Waals surface area contributed by atoms with E-state index in [2.05, 4.69) is 10.2 Å². The van der Waals surface area contributed by atoms with Gasteiger partial charge in [-0.05, 0) is 43.2 Å². The predicted octanol–water partition coefficient (Wildman–Crippen LogP) is 4.53. The number of non-ortho nitro benzene ring substituents is 1. The standard InChI is InChI=1S/C25H19N5O4S/c1-15-10-11-16(2)21(12-15)28-23(32)19-8-3-4-9-20(19)29-24(28)26-27-25(29)35-14-22(31)17-6-5-7-18(13-17)30(33)34/h3-13H,14H2,1-2H3. The summed E-state index contributed by atoms with van der Waals surface area (Å²) in [6, 6.07) is 18.7. The first-order valence-corrected chi connectivity index (χ1v) is 11.7. The molecular weight excluding hydrogens is 466 g/mol. The monoisotopic (exact) mass is 485 g/mol. The number of aromatic nitrogens is 4. The molecule has 0 atom stereocenters.